The monoisotopic (exact) mass is 310 g/mol. The highest BCUT2D eigenvalue weighted by molar-refractivity contribution is 7.91. The number of sulfonamides is 1. The lowest BCUT2D eigenvalue weighted by Crippen LogP contribution is -2.37. The summed E-state index contributed by atoms with van der Waals surface area (Å²) in [6, 6.07) is 2.17. The number of nitrogens with one attached hydrogen (secondary N) is 1. The summed E-state index contributed by atoms with van der Waals surface area (Å²) in [4.78, 5) is -0.216. The van der Waals surface area contributed by atoms with Crippen molar-refractivity contribution in [2.24, 2.45) is 0 Å². The van der Waals surface area contributed by atoms with Crippen LogP contribution in [-0.4, -0.2) is 34.9 Å². The second-order valence-electron chi connectivity index (χ2n) is 4.30. The highest BCUT2D eigenvalue weighted by Gasteiger charge is 2.20. The number of hydrogen-bond donors (Lipinski definition) is 2. The molecule has 0 spiro atoms. The van der Waals surface area contributed by atoms with Gasteiger partial charge in [0, 0.05) is 12.3 Å². The first-order valence-electron chi connectivity index (χ1n) is 5.26. The normalized spacial score (nSPS) is 14.3. The largest absolute Gasteiger partial charge is 0.396 e. The van der Waals surface area contributed by atoms with Gasteiger partial charge in [-0.1, -0.05) is 0 Å². The zero-order valence-corrected chi connectivity index (χ0v) is 12.1. The number of nitrogen functional groups attached to an aromatic ring is 1. The van der Waals surface area contributed by atoms with Crippen LogP contribution in [0.3, 0.4) is 0 Å². The predicted molar refractivity (Wildman–Crippen MR) is 70.3 cm³/mol. The van der Waals surface area contributed by atoms with Crippen LogP contribution in [-0.2, 0) is 19.9 Å². The van der Waals surface area contributed by atoms with Crippen molar-refractivity contribution in [3.63, 3.8) is 0 Å². The fourth-order valence-electron chi connectivity index (χ4n) is 1.51. The molecule has 0 amide bonds. The van der Waals surface area contributed by atoms with Crippen molar-refractivity contribution in [2.45, 2.75) is 17.9 Å². The Morgan fingerprint density at radius 3 is 2.37 bits per heavy atom. The van der Waals surface area contributed by atoms with Crippen molar-refractivity contribution in [3.8, 4) is 0 Å². The van der Waals surface area contributed by atoms with Crippen LogP contribution in [0.1, 0.15) is 6.92 Å². The van der Waals surface area contributed by atoms with E-state index < -0.39 is 31.7 Å². The Bertz CT molecular complexity index is 671. The Hall–Kier alpha value is -1.19. The number of benzene rings is 1. The number of hydrogen-bond acceptors (Lipinski definition) is 5. The minimum Gasteiger partial charge on any atom is -0.396 e. The third-order valence-corrected chi connectivity index (χ3v) is 4.88. The first kappa shape index (κ1) is 15.9. The van der Waals surface area contributed by atoms with Crippen molar-refractivity contribution in [1.82, 2.24) is 4.72 Å². The van der Waals surface area contributed by atoms with Crippen LogP contribution in [0.5, 0.6) is 0 Å². The molecule has 19 heavy (non-hydrogen) atoms. The minimum absolute atomic E-state index is 0.216. The molecular formula is C10H15FN2O4S2. The van der Waals surface area contributed by atoms with Gasteiger partial charge in [-0.15, -0.1) is 0 Å². The molecule has 0 radical (unpaired) electrons. The Morgan fingerprint density at radius 1 is 1.32 bits per heavy atom. The Balaban J connectivity index is 2.95. The first-order valence-corrected chi connectivity index (χ1v) is 8.81. The van der Waals surface area contributed by atoms with Crippen molar-refractivity contribution in [1.29, 1.82) is 0 Å². The van der Waals surface area contributed by atoms with E-state index in [2.05, 4.69) is 4.72 Å². The highest BCUT2D eigenvalue weighted by Crippen LogP contribution is 2.16. The van der Waals surface area contributed by atoms with Crippen molar-refractivity contribution >= 4 is 25.5 Å². The maximum absolute atomic E-state index is 13.0. The molecule has 1 aromatic carbocycles. The molecule has 0 saturated carbocycles. The van der Waals surface area contributed by atoms with Gasteiger partial charge in [0.25, 0.3) is 0 Å². The first-order chi connectivity index (χ1) is 8.51. The van der Waals surface area contributed by atoms with Gasteiger partial charge in [-0.2, -0.15) is 0 Å². The van der Waals surface area contributed by atoms with Gasteiger partial charge in [-0.25, -0.2) is 25.9 Å². The van der Waals surface area contributed by atoms with E-state index in [4.69, 9.17) is 5.73 Å². The Morgan fingerprint density at radius 2 is 1.89 bits per heavy atom. The predicted octanol–water partition coefficient (Wildman–Crippen LogP) is 0.119. The fourth-order valence-corrected chi connectivity index (χ4v) is 3.89. The number of anilines is 1. The summed E-state index contributed by atoms with van der Waals surface area (Å²) in [5.74, 6) is -1.05. The lowest BCUT2D eigenvalue weighted by molar-refractivity contribution is 0.564. The molecule has 0 fully saturated rings. The van der Waals surface area contributed by atoms with E-state index >= 15 is 0 Å². The standard InChI is InChI=1S/C10H15FN2O4S2/c1-7(6-18(2,14)15)13-19(16,17)8-3-4-9(11)10(12)5-8/h3-5,7,13H,6,12H2,1-2H3. The van der Waals surface area contributed by atoms with Crippen LogP contribution >= 0.6 is 0 Å². The molecule has 108 valence electrons. The van der Waals surface area contributed by atoms with Crippen molar-refractivity contribution in [3.05, 3.63) is 24.0 Å². The molecule has 3 N–H and O–H groups in total. The zero-order valence-electron chi connectivity index (χ0n) is 10.4. The third-order valence-electron chi connectivity index (χ3n) is 2.19. The minimum atomic E-state index is -3.93. The maximum atomic E-state index is 13.0. The molecule has 0 bridgehead atoms. The average molecular weight is 310 g/mol. The Labute approximate surface area is 111 Å². The van der Waals surface area contributed by atoms with Crippen molar-refractivity contribution in [2.75, 3.05) is 17.7 Å². The summed E-state index contributed by atoms with van der Waals surface area (Å²) >= 11 is 0. The molecule has 6 nitrogen and oxygen atoms in total. The van der Waals surface area contributed by atoms with Crippen LogP contribution < -0.4 is 10.5 Å². The number of halogens is 1. The molecule has 1 atom stereocenters. The van der Waals surface area contributed by atoms with Crippen LogP contribution in [0, 0.1) is 5.82 Å². The molecule has 0 aliphatic carbocycles. The molecule has 1 aromatic rings. The van der Waals surface area contributed by atoms with Gasteiger partial charge in [0.2, 0.25) is 10.0 Å². The van der Waals surface area contributed by atoms with Crippen LogP contribution in [0.15, 0.2) is 23.1 Å². The van der Waals surface area contributed by atoms with E-state index in [0.717, 1.165) is 24.5 Å². The summed E-state index contributed by atoms with van der Waals surface area (Å²) in [7, 11) is -7.24. The SMILES string of the molecule is CC(CS(C)(=O)=O)NS(=O)(=O)c1ccc(F)c(N)c1. The van der Waals surface area contributed by atoms with E-state index in [1.54, 1.807) is 0 Å². The number of nitrogens with two attached hydrogens (primary N) is 1. The van der Waals surface area contributed by atoms with E-state index in [0.29, 0.717) is 0 Å². The van der Waals surface area contributed by atoms with Crippen molar-refractivity contribution < 1.29 is 21.2 Å². The van der Waals surface area contributed by atoms with Gasteiger partial charge in [0.05, 0.1) is 16.3 Å². The molecular weight excluding hydrogens is 295 g/mol. The average Bonchev–Trinajstić information content (AvgIpc) is 2.17. The second-order valence-corrected chi connectivity index (χ2v) is 8.20. The lowest BCUT2D eigenvalue weighted by atomic mass is 10.3. The van der Waals surface area contributed by atoms with E-state index in [1.807, 2.05) is 0 Å². The smallest absolute Gasteiger partial charge is 0.240 e. The molecule has 0 heterocycles. The maximum Gasteiger partial charge on any atom is 0.240 e. The van der Waals surface area contributed by atoms with Gasteiger partial charge in [-0.05, 0) is 25.1 Å². The van der Waals surface area contributed by atoms with Crippen LogP contribution in [0.2, 0.25) is 0 Å². The van der Waals surface area contributed by atoms with Gasteiger partial charge in [-0.3, -0.25) is 0 Å². The summed E-state index contributed by atoms with van der Waals surface area (Å²) < 4.78 is 61.1. The molecule has 0 aliphatic rings. The zero-order chi connectivity index (χ0) is 14.8. The van der Waals surface area contributed by atoms with Crippen LogP contribution in [0.4, 0.5) is 10.1 Å². The van der Waals surface area contributed by atoms with E-state index in [1.165, 1.54) is 6.92 Å². The van der Waals surface area contributed by atoms with E-state index in [9.17, 15) is 21.2 Å². The molecule has 0 aliphatic heterocycles. The van der Waals surface area contributed by atoms with Gasteiger partial charge in [0.1, 0.15) is 15.7 Å². The third kappa shape index (κ3) is 4.77. The molecule has 1 unspecified atom stereocenters. The molecule has 0 aromatic heterocycles. The second kappa shape index (κ2) is 5.43. The summed E-state index contributed by atoms with van der Waals surface area (Å²) in [6.07, 6.45) is 1.01. The summed E-state index contributed by atoms with van der Waals surface area (Å²) in [5.41, 5.74) is 4.99. The topological polar surface area (TPSA) is 106 Å². The van der Waals surface area contributed by atoms with Gasteiger partial charge < -0.3 is 5.73 Å². The molecule has 1 rings (SSSR count). The lowest BCUT2D eigenvalue weighted by Gasteiger charge is -2.13. The fraction of sp³-hybridized carbons (Fsp3) is 0.400. The highest BCUT2D eigenvalue weighted by atomic mass is 32.2. The quantitative estimate of drug-likeness (QED) is 0.751. The number of rotatable bonds is 5. The van der Waals surface area contributed by atoms with E-state index in [-0.39, 0.29) is 16.3 Å². The Kier molecular flexibility index (Phi) is 4.54. The van der Waals surface area contributed by atoms with Gasteiger partial charge in [0.15, 0.2) is 0 Å². The summed E-state index contributed by atoms with van der Waals surface area (Å²) in [5, 5.41) is 0. The molecule has 9 heteroatoms. The molecule has 0 saturated heterocycles. The number of sulfone groups is 1. The summed E-state index contributed by atoms with van der Waals surface area (Å²) in [6.45, 7) is 1.42. The van der Waals surface area contributed by atoms with Crippen LogP contribution in [0.25, 0.3) is 0 Å². The van der Waals surface area contributed by atoms with Gasteiger partial charge >= 0.3 is 0 Å².